The minimum absolute atomic E-state index is 0.0740. The SMILES string of the molecule is CCN(CC)S(=O)(=O)c1ccc(NCc2ccccc2C[NH+](C)C)c([N+](=O)[O-])c1. The number of nitro benzene ring substituents is 1. The van der Waals surface area contributed by atoms with Crippen LogP contribution in [0.15, 0.2) is 47.4 Å². The molecule has 0 heterocycles. The van der Waals surface area contributed by atoms with E-state index in [1.165, 1.54) is 21.3 Å². The molecule has 0 saturated carbocycles. The van der Waals surface area contributed by atoms with Crippen LogP contribution in [0.3, 0.4) is 0 Å². The second-order valence-corrected chi connectivity index (χ2v) is 8.97. The first-order chi connectivity index (χ1) is 13.7. The van der Waals surface area contributed by atoms with Crippen molar-refractivity contribution < 1.29 is 18.2 Å². The summed E-state index contributed by atoms with van der Waals surface area (Å²) >= 11 is 0. The van der Waals surface area contributed by atoms with E-state index in [1.54, 1.807) is 13.8 Å². The van der Waals surface area contributed by atoms with E-state index in [0.717, 1.165) is 23.7 Å². The molecule has 29 heavy (non-hydrogen) atoms. The van der Waals surface area contributed by atoms with Crippen molar-refractivity contribution in [1.29, 1.82) is 0 Å². The summed E-state index contributed by atoms with van der Waals surface area (Å²) in [6.07, 6.45) is 0. The highest BCUT2D eigenvalue weighted by Crippen LogP contribution is 2.29. The van der Waals surface area contributed by atoms with Gasteiger partial charge in [0.25, 0.3) is 5.69 Å². The summed E-state index contributed by atoms with van der Waals surface area (Å²) in [6.45, 7) is 5.32. The maximum Gasteiger partial charge on any atom is 0.293 e. The van der Waals surface area contributed by atoms with E-state index in [9.17, 15) is 18.5 Å². The van der Waals surface area contributed by atoms with Gasteiger partial charge in [0, 0.05) is 31.3 Å². The monoisotopic (exact) mass is 421 g/mol. The third-order valence-corrected chi connectivity index (χ3v) is 6.69. The first-order valence-corrected chi connectivity index (χ1v) is 11.0. The standard InChI is InChI=1S/C20H28N4O4S/c1-5-23(6-2)29(27,28)18-11-12-19(20(13-18)24(25)26)21-14-16-9-7-8-10-17(16)15-22(3)4/h7-13,21H,5-6,14-15H2,1-4H3/p+1. The minimum Gasteiger partial charge on any atom is -0.375 e. The highest BCUT2D eigenvalue weighted by molar-refractivity contribution is 7.89. The molecule has 2 rings (SSSR count). The Bertz CT molecular complexity index is 957. The van der Waals surface area contributed by atoms with Crippen LogP contribution in [0.4, 0.5) is 11.4 Å². The highest BCUT2D eigenvalue weighted by Gasteiger charge is 2.25. The fourth-order valence-corrected chi connectivity index (χ4v) is 4.64. The van der Waals surface area contributed by atoms with Crippen LogP contribution < -0.4 is 10.2 Å². The number of quaternary nitrogens is 1. The van der Waals surface area contributed by atoms with Gasteiger partial charge in [-0.2, -0.15) is 4.31 Å². The molecule has 0 amide bonds. The third-order valence-electron chi connectivity index (χ3n) is 4.64. The van der Waals surface area contributed by atoms with Crippen LogP contribution in [0.5, 0.6) is 0 Å². The zero-order valence-electron chi connectivity index (χ0n) is 17.3. The van der Waals surface area contributed by atoms with Gasteiger partial charge in [-0.15, -0.1) is 0 Å². The van der Waals surface area contributed by atoms with Crippen LogP contribution in [-0.2, 0) is 23.1 Å². The van der Waals surface area contributed by atoms with Crippen molar-refractivity contribution in [2.45, 2.75) is 31.8 Å². The number of nitro groups is 1. The quantitative estimate of drug-likeness (QED) is 0.451. The largest absolute Gasteiger partial charge is 0.375 e. The first kappa shape index (κ1) is 22.8. The molecular weight excluding hydrogens is 392 g/mol. The van der Waals surface area contributed by atoms with Gasteiger partial charge in [0.2, 0.25) is 10.0 Å². The van der Waals surface area contributed by atoms with Crippen molar-refractivity contribution in [2.24, 2.45) is 0 Å². The molecule has 2 aromatic carbocycles. The predicted octanol–water partition coefficient (Wildman–Crippen LogP) is 1.88. The lowest BCUT2D eigenvalue weighted by atomic mass is 10.1. The Morgan fingerprint density at radius 3 is 2.24 bits per heavy atom. The number of hydrogen-bond acceptors (Lipinski definition) is 5. The molecule has 0 saturated heterocycles. The van der Waals surface area contributed by atoms with E-state index in [4.69, 9.17) is 0 Å². The van der Waals surface area contributed by atoms with Gasteiger partial charge in [-0.25, -0.2) is 8.42 Å². The Morgan fingerprint density at radius 1 is 1.07 bits per heavy atom. The maximum absolute atomic E-state index is 12.7. The van der Waals surface area contributed by atoms with Crippen molar-refractivity contribution in [3.63, 3.8) is 0 Å². The zero-order valence-corrected chi connectivity index (χ0v) is 18.1. The molecule has 9 heteroatoms. The molecule has 0 bridgehead atoms. The molecule has 0 aliphatic heterocycles. The molecular formula is C20H29N4O4S+. The van der Waals surface area contributed by atoms with Crippen LogP contribution >= 0.6 is 0 Å². The third kappa shape index (κ3) is 5.53. The van der Waals surface area contributed by atoms with Crippen LogP contribution in [0.25, 0.3) is 0 Å². The normalized spacial score (nSPS) is 11.8. The highest BCUT2D eigenvalue weighted by atomic mass is 32.2. The Kier molecular flexibility index (Phi) is 7.72. The summed E-state index contributed by atoms with van der Waals surface area (Å²) in [5, 5.41) is 14.7. The molecule has 0 aliphatic rings. The average molecular weight is 422 g/mol. The molecule has 0 aromatic heterocycles. The topological polar surface area (TPSA) is 97.0 Å². The van der Waals surface area contributed by atoms with Gasteiger partial charge >= 0.3 is 0 Å². The maximum atomic E-state index is 12.7. The van der Waals surface area contributed by atoms with Gasteiger partial charge in [-0.1, -0.05) is 38.1 Å². The second-order valence-electron chi connectivity index (χ2n) is 7.03. The lowest BCUT2D eigenvalue weighted by Gasteiger charge is -2.19. The Labute approximate surface area is 172 Å². The summed E-state index contributed by atoms with van der Waals surface area (Å²) in [5.41, 5.74) is 2.24. The number of nitrogens with zero attached hydrogens (tertiary/aromatic N) is 2. The lowest BCUT2D eigenvalue weighted by Crippen LogP contribution is -3.04. The van der Waals surface area contributed by atoms with Gasteiger partial charge in [0.1, 0.15) is 12.2 Å². The lowest BCUT2D eigenvalue weighted by molar-refractivity contribution is -0.872. The number of anilines is 1. The van der Waals surface area contributed by atoms with E-state index in [1.807, 2.05) is 24.3 Å². The van der Waals surface area contributed by atoms with Gasteiger partial charge in [0.05, 0.1) is 23.9 Å². The fourth-order valence-electron chi connectivity index (χ4n) is 3.16. The van der Waals surface area contributed by atoms with Gasteiger partial charge in [-0.05, 0) is 17.7 Å². The summed E-state index contributed by atoms with van der Waals surface area (Å²) in [6, 6.07) is 11.9. The van der Waals surface area contributed by atoms with Crippen molar-refractivity contribution in [1.82, 2.24) is 4.31 Å². The fraction of sp³-hybridized carbons (Fsp3) is 0.400. The molecule has 0 unspecified atom stereocenters. The summed E-state index contributed by atoms with van der Waals surface area (Å²) < 4.78 is 26.7. The van der Waals surface area contributed by atoms with E-state index in [-0.39, 0.29) is 10.6 Å². The minimum atomic E-state index is -3.76. The zero-order chi connectivity index (χ0) is 21.6. The second kappa shape index (κ2) is 9.82. The molecule has 2 N–H and O–H groups in total. The summed E-state index contributed by atoms with van der Waals surface area (Å²) in [7, 11) is 0.356. The van der Waals surface area contributed by atoms with Gasteiger partial charge < -0.3 is 10.2 Å². The Hall–Kier alpha value is -2.49. The van der Waals surface area contributed by atoms with E-state index >= 15 is 0 Å². The van der Waals surface area contributed by atoms with Crippen molar-refractivity contribution in [2.75, 3.05) is 32.5 Å². The first-order valence-electron chi connectivity index (χ1n) is 9.59. The summed E-state index contributed by atoms with van der Waals surface area (Å²) in [4.78, 5) is 12.2. The Balaban J connectivity index is 2.33. The van der Waals surface area contributed by atoms with Crippen LogP contribution in [0, 0.1) is 10.1 Å². The number of rotatable bonds is 10. The van der Waals surface area contributed by atoms with E-state index in [0.29, 0.717) is 25.3 Å². The molecule has 2 aromatic rings. The smallest absolute Gasteiger partial charge is 0.293 e. The van der Waals surface area contributed by atoms with Crippen LogP contribution in [0.1, 0.15) is 25.0 Å². The van der Waals surface area contributed by atoms with E-state index in [2.05, 4.69) is 19.4 Å². The molecule has 158 valence electrons. The number of nitrogens with one attached hydrogen (secondary N) is 2. The van der Waals surface area contributed by atoms with Crippen molar-refractivity contribution >= 4 is 21.4 Å². The summed E-state index contributed by atoms with van der Waals surface area (Å²) in [5.74, 6) is 0. The van der Waals surface area contributed by atoms with Gasteiger partial charge in [-0.3, -0.25) is 10.1 Å². The Morgan fingerprint density at radius 2 is 1.69 bits per heavy atom. The molecule has 0 atom stereocenters. The van der Waals surface area contributed by atoms with Crippen LogP contribution in [0.2, 0.25) is 0 Å². The predicted molar refractivity (Wildman–Crippen MR) is 113 cm³/mol. The van der Waals surface area contributed by atoms with E-state index < -0.39 is 14.9 Å². The molecule has 0 aliphatic carbocycles. The number of benzene rings is 2. The molecule has 0 radical (unpaired) electrons. The number of hydrogen-bond donors (Lipinski definition) is 2. The van der Waals surface area contributed by atoms with Gasteiger partial charge in [0.15, 0.2) is 0 Å². The van der Waals surface area contributed by atoms with Crippen LogP contribution in [-0.4, -0.2) is 44.8 Å². The van der Waals surface area contributed by atoms with Crippen molar-refractivity contribution in [3.05, 3.63) is 63.7 Å². The number of sulfonamides is 1. The average Bonchev–Trinajstić information content (AvgIpc) is 2.67. The molecule has 8 nitrogen and oxygen atoms in total. The molecule has 0 spiro atoms. The van der Waals surface area contributed by atoms with Crippen molar-refractivity contribution in [3.8, 4) is 0 Å². The molecule has 0 fully saturated rings.